The zero-order chi connectivity index (χ0) is 26.2. The molecule has 0 bridgehead atoms. The molecule has 0 aliphatic carbocycles. The second-order valence-electron chi connectivity index (χ2n) is 9.35. The van der Waals surface area contributed by atoms with E-state index in [9.17, 15) is 5.11 Å². The van der Waals surface area contributed by atoms with E-state index in [1.54, 1.807) is 10.7 Å². The summed E-state index contributed by atoms with van der Waals surface area (Å²) in [6.07, 6.45) is 0. The molecule has 0 spiro atoms. The lowest BCUT2D eigenvalue weighted by molar-refractivity contribution is 0.105. The summed E-state index contributed by atoms with van der Waals surface area (Å²) in [4.78, 5) is 4.98. The molecule has 0 saturated carbocycles. The van der Waals surface area contributed by atoms with Crippen molar-refractivity contribution in [3.05, 3.63) is 95.6 Å². The standard InChI is InChI=1S/C29H31N7O2/c30-13-19-38-20-18-36-29(31-32-33-36)25-11-9-24(10-12-25)28(26-7-4-8-27(37)21-26)35-16-14-34(15-17-35)22-23-5-2-1-3-6-23/h1-12,21,28,37H,14-20,22H2. The topological polar surface area (TPSA) is 103 Å². The first-order valence-electron chi connectivity index (χ1n) is 12.8. The molecule has 5 rings (SSSR count). The van der Waals surface area contributed by atoms with E-state index in [1.165, 1.54) is 5.56 Å². The van der Waals surface area contributed by atoms with Gasteiger partial charge >= 0.3 is 0 Å². The summed E-state index contributed by atoms with van der Waals surface area (Å²) in [6, 6.07) is 28.4. The summed E-state index contributed by atoms with van der Waals surface area (Å²) in [6.45, 7) is 5.63. The van der Waals surface area contributed by atoms with Crippen molar-refractivity contribution in [1.82, 2.24) is 30.0 Å². The molecule has 1 aliphatic heterocycles. The Morgan fingerprint density at radius 3 is 2.45 bits per heavy atom. The molecule has 4 aromatic rings. The van der Waals surface area contributed by atoms with Crippen LogP contribution in [0.15, 0.2) is 78.9 Å². The van der Waals surface area contributed by atoms with Crippen molar-refractivity contribution in [2.75, 3.05) is 39.4 Å². The quantitative estimate of drug-likeness (QED) is 0.324. The number of nitriles is 1. The Hall–Kier alpha value is -4.10. The summed E-state index contributed by atoms with van der Waals surface area (Å²) in [5, 5.41) is 31.0. The number of nitrogens with zero attached hydrogens (tertiary/aromatic N) is 7. The van der Waals surface area contributed by atoms with E-state index in [0.717, 1.165) is 49.4 Å². The second-order valence-corrected chi connectivity index (χ2v) is 9.35. The fourth-order valence-electron chi connectivity index (χ4n) is 4.98. The van der Waals surface area contributed by atoms with Crippen LogP contribution in [-0.4, -0.2) is 74.5 Å². The van der Waals surface area contributed by atoms with Gasteiger partial charge in [0, 0.05) is 38.3 Å². The zero-order valence-corrected chi connectivity index (χ0v) is 21.2. The Morgan fingerprint density at radius 1 is 0.921 bits per heavy atom. The summed E-state index contributed by atoms with van der Waals surface area (Å²) >= 11 is 0. The van der Waals surface area contributed by atoms with Crippen LogP contribution in [-0.2, 0) is 17.8 Å². The molecule has 9 heteroatoms. The first-order chi connectivity index (χ1) is 18.7. The fraction of sp³-hybridized carbons (Fsp3) is 0.310. The summed E-state index contributed by atoms with van der Waals surface area (Å²) in [7, 11) is 0. The molecular formula is C29H31N7O2. The predicted octanol–water partition coefficient (Wildman–Crippen LogP) is 3.49. The third-order valence-corrected chi connectivity index (χ3v) is 6.84. The van der Waals surface area contributed by atoms with Gasteiger partial charge in [-0.3, -0.25) is 9.80 Å². The highest BCUT2D eigenvalue weighted by atomic mass is 16.5. The number of aromatic nitrogens is 4. The molecule has 1 atom stereocenters. The number of tetrazole rings is 1. The van der Waals surface area contributed by atoms with Crippen LogP contribution in [0.1, 0.15) is 22.7 Å². The van der Waals surface area contributed by atoms with Crippen molar-refractivity contribution in [3.63, 3.8) is 0 Å². The van der Waals surface area contributed by atoms with Crippen molar-refractivity contribution >= 4 is 0 Å². The normalized spacial score (nSPS) is 15.2. The summed E-state index contributed by atoms with van der Waals surface area (Å²) < 4.78 is 6.94. The summed E-state index contributed by atoms with van der Waals surface area (Å²) in [5.74, 6) is 0.921. The van der Waals surface area contributed by atoms with Gasteiger partial charge in [0.1, 0.15) is 12.4 Å². The number of phenols is 1. The molecule has 3 aromatic carbocycles. The molecule has 0 radical (unpaired) electrons. The average Bonchev–Trinajstić information content (AvgIpc) is 3.42. The van der Waals surface area contributed by atoms with Crippen LogP contribution in [0, 0.1) is 11.3 Å². The van der Waals surface area contributed by atoms with E-state index in [1.807, 2.05) is 30.3 Å². The highest BCUT2D eigenvalue weighted by Gasteiger charge is 2.27. The number of rotatable bonds is 10. The third-order valence-electron chi connectivity index (χ3n) is 6.84. The van der Waals surface area contributed by atoms with E-state index < -0.39 is 0 Å². The predicted molar refractivity (Wildman–Crippen MR) is 143 cm³/mol. The van der Waals surface area contributed by atoms with Crippen molar-refractivity contribution in [2.24, 2.45) is 0 Å². The number of piperazine rings is 1. The lowest BCUT2D eigenvalue weighted by Gasteiger charge is -2.40. The molecule has 0 amide bonds. The number of hydrogen-bond acceptors (Lipinski definition) is 8. The molecule has 194 valence electrons. The van der Waals surface area contributed by atoms with Gasteiger partial charge < -0.3 is 9.84 Å². The largest absolute Gasteiger partial charge is 0.508 e. The van der Waals surface area contributed by atoms with E-state index in [0.29, 0.717) is 19.0 Å². The zero-order valence-electron chi connectivity index (χ0n) is 21.2. The van der Waals surface area contributed by atoms with Crippen LogP contribution in [0.3, 0.4) is 0 Å². The lowest BCUT2D eigenvalue weighted by atomic mass is 9.95. The number of phenolic OH excluding ortho intramolecular Hbond substituents is 1. The molecule has 38 heavy (non-hydrogen) atoms. The van der Waals surface area contributed by atoms with Crippen molar-refractivity contribution in [1.29, 1.82) is 5.26 Å². The molecule has 1 N–H and O–H groups in total. The van der Waals surface area contributed by atoms with Crippen LogP contribution in [0.4, 0.5) is 0 Å². The summed E-state index contributed by atoms with van der Waals surface area (Å²) in [5.41, 5.74) is 4.45. The van der Waals surface area contributed by atoms with Gasteiger partial charge in [-0.2, -0.15) is 5.26 Å². The number of benzene rings is 3. The van der Waals surface area contributed by atoms with E-state index >= 15 is 0 Å². The second kappa shape index (κ2) is 12.4. The van der Waals surface area contributed by atoms with Gasteiger partial charge in [0.05, 0.1) is 25.3 Å². The van der Waals surface area contributed by atoms with Crippen LogP contribution in [0.25, 0.3) is 11.4 Å². The van der Waals surface area contributed by atoms with Gasteiger partial charge in [0.15, 0.2) is 5.82 Å². The van der Waals surface area contributed by atoms with Gasteiger partial charge in [-0.25, -0.2) is 4.68 Å². The average molecular weight is 510 g/mol. The van der Waals surface area contributed by atoms with E-state index in [2.05, 4.69) is 73.9 Å². The van der Waals surface area contributed by atoms with Crippen LogP contribution >= 0.6 is 0 Å². The molecule has 1 unspecified atom stereocenters. The number of ether oxygens (including phenoxy) is 1. The van der Waals surface area contributed by atoms with Gasteiger partial charge in [-0.05, 0) is 39.2 Å². The maximum Gasteiger partial charge on any atom is 0.182 e. The van der Waals surface area contributed by atoms with Crippen molar-refractivity contribution < 1.29 is 9.84 Å². The minimum Gasteiger partial charge on any atom is -0.508 e. The highest BCUT2D eigenvalue weighted by Crippen LogP contribution is 2.32. The van der Waals surface area contributed by atoms with Gasteiger partial charge in [-0.1, -0.05) is 66.7 Å². The minimum atomic E-state index is 0.0189. The molecule has 1 aliphatic rings. The Kier molecular flexibility index (Phi) is 8.36. The highest BCUT2D eigenvalue weighted by molar-refractivity contribution is 5.55. The molecule has 1 fully saturated rings. The SMILES string of the molecule is N#CCOCCn1nnnc1-c1ccc(C(c2cccc(O)c2)N2CCN(Cc3ccccc3)CC2)cc1. The van der Waals surface area contributed by atoms with Crippen molar-refractivity contribution in [3.8, 4) is 23.2 Å². The molecule has 2 heterocycles. The minimum absolute atomic E-state index is 0.0189. The maximum absolute atomic E-state index is 10.2. The first-order valence-corrected chi connectivity index (χ1v) is 12.8. The number of aromatic hydroxyl groups is 1. The van der Waals surface area contributed by atoms with E-state index in [-0.39, 0.29) is 18.4 Å². The number of hydrogen-bond donors (Lipinski definition) is 1. The van der Waals surface area contributed by atoms with Gasteiger partial charge in [0.2, 0.25) is 0 Å². The fourth-order valence-corrected chi connectivity index (χ4v) is 4.98. The molecule has 9 nitrogen and oxygen atoms in total. The van der Waals surface area contributed by atoms with Gasteiger partial charge in [-0.15, -0.1) is 5.10 Å². The lowest BCUT2D eigenvalue weighted by Crippen LogP contribution is -2.47. The monoisotopic (exact) mass is 509 g/mol. The Balaban J connectivity index is 1.33. The van der Waals surface area contributed by atoms with Crippen molar-refractivity contribution in [2.45, 2.75) is 19.1 Å². The third kappa shape index (κ3) is 6.23. The molecular weight excluding hydrogens is 478 g/mol. The maximum atomic E-state index is 10.2. The Labute approximate surface area is 222 Å². The Morgan fingerprint density at radius 2 is 1.71 bits per heavy atom. The first kappa shape index (κ1) is 25.5. The van der Waals surface area contributed by atoms with Crippen LogP contribution < -0.4 is 0 Å². The van der Waals surface area contributed by atoms with E-state index in [4.69, 9.17) is 10.00 Å². The molecule has 1 aromatic heterocycles. The Bertz CT molecular complexity index is 1340. The van der Waals surface area contributed by atoms with Gasteiger partial charge in [0.25, 0.3) is 0 Å². The smallest absolute Gasteiger partial charge is 0.182 e. The van der Waals surface area contributed by atoms with Crippen LogP contribution in [0.5, 0.6) is 5.75 Å². The molecule has 1 saturated heterocycles. The van der Waals surface area contributed by atoms with Crippen LogP contribution in [0.2, 0.25) is 0 Å².